The van der Waals surface area contributed by atoms with Crippen molar-refractivity contribution in [1.82, 2.24) is 5.32 Å². The Bertz CT molecular complexity index is 371. The summed E-state index contributed by atoms with van der Waals surface area (Å²) in [5, 5.41) is 3.53. The van der Waals surface area contributed by atoms with E-state index < -0.39 is 0 Å². The second kappa shape index (κ2) is 5.54. The van der Waals surface area contributed by atoms with Gasteiger partial charge in [-0.25, -0.2) is 0 Å². The molecule has 0 spiro atoms. The first kappa shape index (κ1) is 12.4. The molecular weight excluding hydrogens is 210 g/mol. The van der Waals surface area contributed by atoms with Crippen molar-refractivity contribution in [3.05, 3.63) is 29.3 Å². The van der Waals surface area contributed by atoms with Gasteiger partial charge in [0, 0.05) is 18.5 Å². The molecule has 0 bridgehead atoms. The van der Waals surface area contributed by atoms with E-state index in [0.29, 0.717) is 5.92 Å². The minimum Gasteiger partial charge on any atom is -0.493 e. The minimum absolute atomic E-state index is 0.567. The lowest BCUT2D eigenvalue weighted by Crippen LogP contribution is -2.26. The van der Waals surface area contributed by atoms with E-state index >= 15 is 0 Å². The Balaban J connectivity index is 1.73. The third kappa shape index (κ3) is 4.04. The van der Waals surface area contributed by atoms with E-state index in [-0.39, 0.29) is 0 Å². The minimum atomic E-state index is 0.567. The largest absolute Gasteiger partial charge is 0.493 e. The van der Waals surface area contributed by atoms with Crippen molar-refractivity contribution in [1.29, 1.82) is 0 Å². The van der Waals surface area contributed by atoms with Crippen molar-refractivity contribution < 1.29 is 4.74 Å². The third-order valence-electron chi connectivity index (χ3n) is 3.35. The third-order valence-corrected chi connectivity index (χ3v) is 3.35. The molecule has 1 fully saturated rings. The highest BCUT2D eigenvalue weighted by atomic mass is 16.5. The molecule has 1 atom stereocenters. The Labute approximate surface area is 104 Å². The van der Waals surface area contributed by atoms with E-state index in [1.54, 1.807) is 0 Å². The summed E-state index contributed by atoms with van der Waals surface area (Å²) in [6.45, 7) is 8.34. The first-order valence-electron chi connectivity index (χ1n) is 6.58. The number of ether oxygens (including phenoxy) is 1. The first-order valence-corrected chi connectivity index (χ1v) is 6.58. The fourth-order valence-corrected chi connectivity index (χ4v) is 1.76. The first-order chi connectivity index (χ1) is 8.15. The molecule has 17 heavy (non-hydrogen) atoms. The molecule has 0 heterocycles. The van der Waals surface area contributed by atoms with Gasteiger partial charge in [0.2, 0.25) is 0 Å². The molecule has 1 aromatic carbocycles. The molecular formula is C15H23NO. The summed E-state index contributed by atoms with van der Waals surface area (Å²) in [7, 11) is 0. The Morgan fingerprint density at radius 3 is 2.71 bits per heavy atom. The predicted octanol–water partition coefficient (Wildman–Crippen LogP) is 3.07. The zero-order chi connectivity index (χ0) is 12.3. The molecule has 0 aromatic heterocycles. The van der Waals surface area contributed by atoms with E-state index in [1.165, 1.54) is 24.0 Å². The monoisotopic (exact) mass is 233 g/mol. The second-order valence-electron chi connectivity index (χ2n) is 5.34. The van der Waals surface area contributed by atoms with Crippen LogP contribution in [0.4, 0.5) is 0 Å². The lowest BCUT2D eigenvalue weighted by Gasteiger charge is -2.14. The van der Waals surface area contributed by atoms with Crippen LogP contribution in [0.3, 0.4) is 0 Å². The predicted molar refractivity (Wildman–Crippen MR) is 71.6 cm³/mol. The van der Waals surface area contributed by atoms with E-state index in [4.69, 9.17) is 4.74 Å². The highest BCUT2D eigenvalue weighted by Gasteiger charge is 2.20. The average Bonchev–Trinajstić information content (AvgIpc) is 3.12. The topological polar surface area (TPSA) is 21.3 Å². The number of benzene rings is 1. The molecule has 94 valence electrons. The fraction of sp³-hybridized carbons (Fsp3) is 0.600. The Morgan fingerprint density at radius 1 is 1.29 bits per heavy atom. The molecule has 1 N–H and O–H groups in total. The molecule has 0 saturated heterocycles. The normalized spacial score (nSPS) is 16.9. The van der Waals surface area contributed by atoms with Crippen LogP contribution in [-0.4, -0.2) is 19.2 Å². The number of hydrogen-bond donors (Lipinski definition) is 1. The molecule has 1 saturated carbocycles. The van der Waals surface area contributed by atoms with E-state index in [2.05, 4.69) is 44.3 Å². The van der Waals surface area contributed by atoms with Crippen molar-refractivity contribution in [2.45, 2.75) is 39.7 Å². The van der Waals surface area contributed by atoms with Crippen molar-refractivity contribution in [2.75, 3.05) is 13.2 Å². The van der Waals surface area contributed by atoms with Crippen LogP contribution in [-0.2, 0) is 0 Å². The van der Waals surface area contributed by atoms with Gasteiger partial charge in [0.1, 0.15) is 5.75 Å². The molecule has 1 aromatic rings. The van der Waals surface area contributed by atoms with Crippen LogP contribution < -0.4 is 10.1 Å². The summed E-state index contributed by atoms with van der Waals surface area (Å²) in [5.74, 6) is 1.56. The summed E-state index contributed by atoms with van der Waals surface area (Å²) >= 11 is 0. The molecule has 2 nitrogen and oxygen atoms in total. The SMILES string of the molecule is Cc1ccc(OCC(C)CNC2CC2)cc1C. The Kier molecular flexibility index (Phi) is 4.06. The van der Waals surface area contributed by atoms with Gasteiger partial charge in [-0.05, 0) is 49.9 Å². The Hall–Kier alpha value is -1.02. The summed E-state index contributed by atoms with van der Waals surface area (Å²) in [4.78, 5) is 0. The average molecular weight is 233 g/mol. The zero-order valence-corrected chi connectivity index (χ0v) is 11.1. The standard InChI is InChI=1S/C15H23NO/c1-11(9-16-14-5-6-14)10-17-15-7-4-12(2)13(3)8-15/h4,7-8,11,14,16H,5-6,9-10H2,1-3H3. The molecule has 0 amide bonds. The highest BCUT2D eigenvalue weighted by Crippen LogP contribution is 2.19. The van der Waals surface area contributed by atoms with Crippen LogP contribution in [0.2, 0.25) is 0 Å². The molecule has 2 rings (SSSR count). The summed E-state index contributed by atoms with van der Waals surface area (Å²) in [6.07, 6.45) is 2.70. The number of aryl methyl sites for hydroxylation is 2. The summed E-state index contributed by atoms with van der Waals surface area (Å²) in [5.41, 5.74) is 2.62. The van der Waals surface area contributed by atoms with Gasteiger partial charge in [-0.3, -0.25) is 0 Å². The maximum absolute atomic E-state index is 5.82. The van der Waals surface area contributed by atoms with Gasteiger partial charge in [0.05, 0.1) is 6.61 Å². The van der Waals surface area contributed by atoms with Crippen molar-refractivity contribution >= 4 is 0 Å². The van der Waals surface area contributed by atoms with Gasteiger partial charge >= 0.3 is 0 Å². The quantitative estimate of drug-likeness (QED) is 0.815. The smallest absolute Gasteiger partial charge is 0.119 e. The van der Waals surface area contributed by atoms with Crippen LogP contribution >= 0.6 is 0 Å². The van der Waals surface area contributed by atoms with Crippen molar-refractivity contribution in [3.63, 3.8) is 0 Å². The lowest BCUT2D eigenvalue weighted by atomic mass is 10.1. The summed E-state index contributed by atoms with van der Waals surface area (Å²) in [6, 6.07) is 7.09. The van der Waals surface area contributed by atoms with Crippen LogP contribution in [0.1, 0.15) is 30.9 Å². The molecule has 0 aliphatic heterocycles. The maximum atomic E-state index is 5.82. The number of hydrogen-bond acceptors (Lipinski definition) is 2. The summed E-state index contributed by atoms with van der Waals surface area (Å²) < 4.78 is 5.82. The van der Waals surface area contributed by atoms with Gasteiger partial charge in [0.15, 0.2) is 0 Å². The number of nitrogens with one attached hydrogen (secondary N) is 1. The van der Waals surface area contributed by atoms with Crippen molar-refractivity contribution in [3.8, 4) is 5.75 Å². The van der Waals surface area contributed by atoms with Gasteiger partial charge in [0.25, 0.3) is 0 Å². The molecule has 1 unspecified atom stereocenters. The molecule has 1 aliphatic rings. The molecule has 2 heteroatoms. The fourth-order valence-electron chi connectivity index (χ4n) is 1.76. The van der Waals surface area contributed by atoms with Crippen LogP contribution in [0.5, 0.6) is 5.75 Å². The molecule has 0 radical (unpaired) electrons. The van der Waals surface area contributed by atoms with Gasteiger partial charge in [-0.15, -0.1) is 0 Å². The van der Waals surface area contributed by atoms with Gasteiger partial charge in [-0.1, -0.05) is 13.0 Å². The van der Waals surface area contributed by atoms with Crippen LogP contribution in [0.15, 0.2) is 18.2 Å². The van der Waals surface area contributed by atoms with Crippen LogP contribution in [0, 0.1) is 19.8 Å². The highest BCUT2D eigenvalue weighted by molar-refractivity contribution is 5.33. The van der Waals surface area contributed by atoms with Gasteiger partial charge < -0.3 is 10.1 Å². The maximum Gasteiger partial charge on any atom is 0.119 e. The van der Waals surface area contributed by atoms with Gasteiger partial charge in [-0.2, -0.15) is 0 Å². The van der Waals surface area contributed by atoms with E-state index in [9.17, 15) is 0 Å². The van der Waals surface area contributed by atoms with Crippen molar-refractivity contribution in [2.24, 2.45) is 5.92 Å². The Morgan fingerprint density at radius 2 is 2.06 bits per heavy atom. The van der Waals surface area contributed by atoms with E-state index in [1.807, 2.05) is 0 Å². The lowest BCUT2D eigenvalue weighted by molar-refractivity contribution is 0.255. The number of rotatable bonds is 6. The second-order valence-corrected chi connectivity index (χ2v) is 5.34. The van der Waals surface area contributed by atoms with Crippen LogP contribution in [0.25, 0.3) is 0 Å². The van der Waals surface area contributed by atoms with E-state index in [0.717, 1.165) is 24.9 Å². The zero-order valence-electron chi connectivity index (χ0n) is 11.1. The molecule has 1 aliphatic carbocycles.